The van der Waals surface area contributed by atoms with Gasteiger partial charge in [-0.05, 0) is 63.1 Å². The lowest BCUT2D eigenvalue weighted by molar-refractivity contribution is -0.140. The van der Waals surface area contributed by atoms with Crippen LogP contribution >= 0.6 is 0 Å². The monoisotopic (exact) mass is 591 g/mol. The molecule has 3 unspecified atom stereocenters. The first-order valence-corrected chi connectivity index (χ1v) is 15.5. The van der Waals surface area contributed by atoms with Crippen LogP contribution in [-0.4, -0.2) is 47.4 Å². The third-order valence-electron chi connectivity index (χ3n) is 7.85. The van der Waals surface area contributed by atoms with Gasteiger partial charge in [0.25, 0.3) is 0 Å². The number of benzene rings is 1. The summed E-state index contributed by atoms with van der Waals surface area (Å²) in [6, 6.07) is 3.21. The molecule has 0 bridgehead atoms. The number of carbonyl (C=O) groups is 4. The molecule has 0 saturated heterocycles. The van der Waals surface area contributed by atoms with Crippen LogP contribution in [0.15, 0.2) is 18.2 Å². The zero-order valence-electron chi connectivity index (χ0n) is 25.6. The van der Waals surface area contributed by atoms with Crippen LogP contribution in [0.4, 0.5) is 4.79 Å². The van der Waals surface area contributed by atoms with Crippen molar-refractivity contribution >= 4 is 24.1 Å². The van der Waals surface area contributed by atoms with Gasteiger partial charge in [0.2, 0.25) is 0 Å². The van der Waals surface area contributed by atoms with E-state index in [4.69, 9.17) is 24.7 Å². The average molecular weight is 592 g/mol. The number of unbranched alkanes of at least 4 members (excludes halogenated alkanes) is 4. The minimum absolute atomic E-state index is 0.0120. The average Bonchev–Trinajstić information content (AvgIpc) is 2.95. The molecule has 4 atom stereocenters. The molecule has 10 heteroatoms. The summed E-state index contributed by atoms with van der Waals surface area (Å²) in [5.41, 5.74) is 6.61. The smallest absolute Gasteiger partial charge is 0.480 e. The fourth-order valence-electron chi connectivity index (χ4n) is 5.17. The Bertz CT molecular complexity index is 1020. The van der Waals surface area contributed by atoms with E-state index in [1.165, 1.54) is 12.1 Å². The van der Waals surface area contributed by atoms with Crippen molar-refractivity contribution in [2.24, 2.45) is 11.7 Å². The summed E-state index contributed by atoms with van der Waals surface area (Å²) >= 11 is 0. The van der Waals surface area contributed by atoms with Crippen molar-refractivity contribution in [3.63, 3.8) is 0 Å². The predicted molar refractivity (Wildman–Crippen MR) is 157 cm³/mol. The zero-order valence-corrected chi connectivity index (χ0v) is 25.6. The van der Waals surface area contributed by atoms with Crippen molar-refractivity contribution in [1.29, 1.82) is 0 Å². The topological polar surface area (TPSA) is 151 Å². The van der Waals surface area contributed by atoms with Crippen LogP contribution in [0.3, 0.4) is 0 Å². The SMILES string of the molecule is CCCCCC(=O)Oc1ccc(C(C(C)C(C)OC(=O)OC2CCCCC2)[C@H](N)C(=O)O)cc1OC(=O)CCCCC. The van der Waals surface area contributed by atoms with Gasteiger partial charge in [-0.25, -0.2) is 4.79 Å². The Labute approximate surface area is 249 Å². The second-order valence-corrected chi connectivity index (χ2v) is 11.3. The van der Waals surface area contributed by atoms with Gasteiger partial charge in [-0.1, -0.05) is 58.9 Å². The van der Waals surface area contributed by atoms with Gasteiger partial charge in [0.15, 0.2) is 11.5 Å². The fraction of sp³-hybridized carbons (Fsp3) is 0.688. The number of carbonyl (C=O) groups excluding carboxylic acids is 3. The maximum absolute atomic E-state index is 12.6. The molecule has 1 aromatic rings. The first kappa shape index (κ1) is 35.1. The highest BCUT2D eigenvalue weighted by molar-refractivity contribution is 5.77. The maximum Gasteiger partial charge on any atom is 0.508 e. The highest BCUT2D eigenvalue weighted by Crippen LogP contribution is 2.37. The fourth-order valence-corrected chi connectivity index (χ4v) is 5.17. The van der Waals surface area contributed by atoms with Crippen LogP contribution < -0.4 is 15.2 Å². The molecule has 1 fully saturated rings. The second kappa shape index (κ2) is 18.4. The minimum atomic E-state index is -1.36. The Morgan fingerprint density at radius 2 is 1.45 bits per heavy atom. The molecule has 3 N–H and O–H groups in total. The first-order valence-electron chi connectivity index (χ1n) is 15.5. The molecule has 1 saturated carbocycles. The number of rotatable bonds is 17. The Morgan fingerprint density at radius 3 is 2.00 bits per heavy atom. The number of aliphatic carboxylic acids is 1. The Morgan fingerprint density at radius 1 is 0.881 bits per heavy atom. The summed E-state index contributed by atoms with van der Waals surface area (Å²) in [5, 5.41) is 9.84. The van der Waals surface area contributed by atoms with E-state index in [0.29, 0.717) is 18.4 Å². The van der Waals surface area contributed by atoms with Crippen LogP contribution in [0.25, 0.3) is 0 Å². The zero-order chi connectivity index (χ0) is 31.1. The number of carboxylic acid groups (broad SMARTS) is 1. The normalized spacial score (nSPS) is 16.5. The number of hydrogen-bond acceptors (Lipinski definition) is 9. The van der Waals surface area contributed by atoms with E-state index in [1.54, 1.807) is 19.9 Å². The van der Waals surface area contributed by atoms with Crippen LogP contribution in [0.2, 0.25) is 0 Å². The third kappa shape index (κ3) is 11.6. The van der Waals surface area contributed by atoms with Crippen LogP contribution in [0.1, 0.15) is 123 Å². The van der Waals surface area contributed by atoms with Gasteiger partial charge in [0, 0.05) is 24.7 Å². The molecule has 1 aromatic carbocycles. The van der Waals surface area contributed by atoms with E-state index in [0.717, 1.165) is 57.8 Å². The molecule has 2 rings (SSSR count). The summed E-state index contributed by atoms with van der Waals surface area (Å²) in [4.78, 5) is 49.7. The maximum atomic E-state index is 12.6. The number of carboxylic acids is 1. The molecular weight excluding hydrogens is 542 g/mol. The lowest BCUT2D eigenvalue weighted by atomic mass is 9.79. The lowest BCUT2D eigenvalue weighted by Gasteiger charge is -2.32. The van der Waals surface area contributed by atoms with Crippen LogP contribution in [0, 0.1) is 5.92 Å². The molecule has 0 aliphatic heterocycles. The number of hydrogen-bond donors (Lipinski definition) is 2. The van der Waals surface area contributed by atoms with Crippen LogP contribution in [-0.2, 0) is 23.9 Å². The quantitative estimate of drug-likeness (QED) is 0.114. The van der Waals surface area contributed by atoms with E-state index in [1.807, 2.05) is 13.8 Å². The highest BCUT2D eigenvalue weighted by atomic mass is 16.7. The molecule has 10 nitrogen and oxygen atoms in total. The number of ether oxygens (including phenoxy) is 4. The summed E-state index contributed by atoms with van der Waals surface area (Å²) in [5.74, 6) is -3.51. The van der Waals surface area contributed by atoms with Crippen molar-refractivity contribution in [3.05, 3.63) is 23.8 Å². The van der Waals surface area contributed by atoms with Gasteiger partial charge in [-0.3, -0.25) is 14.4 Å². The second-order valence-electron chi connectivity index (χ2n) is 11.3. The highest BCUT2D eigenvalue weighted by Gasteiger charge is 2.36. The molecule has 1 aliphatic rings. The van der Waals surface area contributed by atoms with Crippen molar-refractivity contribution in [3.8, 4) is 11.5 Å². The Kier molecular flexibility index (Phi) is 15.4. The Balaban J connectivity index is 2.31. The molecule has 0 amide bonds. The third-order valence-corrected chi connectivity index (χ3v) is 7.85. The van der Waals surface area contributed by atoms with Crippen LogP contribution in [0.5, 0.6) is 11.5 Å². The van der Waals surface area contributed by atoms with Crippen molar-refractivity contribution < 1.29 is 43.2 Å². The summed E-state index contributed by atoms with van der Waals surface area (Å²) < 4.78 is 22.2. The molecule has 0 spiro atoms. The van der Waals surface area contributed by atoms with E-state index in [2.05, 4.69) is 0 Å². The molecule has 0 aromatic heterocycles. The number of esters is 2. The van der Waals surface area contributed by atoms with E-state index in [-0.39, 0.29) is 30.4 Å². The number of nitrogens with two attached hydrogens (primary N) is 1. The summed E-state index contributed by atoms with van der Waals surface area (Å²) in [6.07, 6.45) is 8.33. The van der Waals surface area contributed by atoms with Gasteiger partial charge in [0.1, 0.15) is 18.2 Å². The van der Waals surface area contributed by atoms with Crippen molar-refractivity contribution in [2.45, 2.75) is 135 Å². The molecule has 42 heavy (non-hydrogen) atoms. The molecule has 236 valence electrons. The van der Waals surface area contributed by atoms with Gasteiger partial charge >= 0.3 is 24.1 Å². The summed E-state index contributed by atoms with van der Waals surface area (Å²) in [6.45, 7) is 7.46. The summed E-state index contributed by atoms with van der Waals surface area (Å²) in [7, 11) is 0. The Hall–Kier alpha value is -3.14. The molecule has 0 heterocycles. The first-order chi connectivity index (χ1) is 20.1. The van der Waals surface area contributed by atoms with Crippen molar-refractivity contribution in [1.82, 2.24) is 0 Å². The van der Waals surface area contributed by atoms with Crippen molar-refractivity contribution in [2.75, 3.05) is 0 Å². The van der Waals surface area contributed by atoms with E-state index in [9.17, 15) is 24.3 Å². The van der Waals surface area contributed by atoms with E-state index >= 15 is 0 Å². The molecule has 1 aliphatic carbocycles. The molecular formula is C32H49NO9. The van der Waals surface area contributed by atoms with Gasteiger partial charge in [0.05, 0.1) is 0 Å². The predicted octanol–water partition coefficient (Wildman–Crippen LogP) is 6.66. The van der Waals surface area contributed by atoms with E-state index < -0.39 is 48.0 Å². The largest absolute Gasteiger partial charge is 0.508 e. The minimum Gasteiger partial charge on any atom is -0.480 e. The lowest BCUT2D eigenvalue weighted by Crippen LogP contribution is -2.43. The van der Waals surface area contributed by atoms with Gasteiger partial charge < -0.3 is 29.8 Å². The van der Waals surface area contributed by atoms with Gasteiger partial charge in [-0.15, -0.1) is 0 Å². The molecule has 0 radical (unpaired) electrons. The van der Waals surface area contributed by atoms with Gasteiger partial charge in [-0.2, -0.15) is 0 Å². The standard InChI is InChI=1S/C32H49NO9/c1-5-7-10-16-27(34)41-25-19-18-23(20-26(25)42-28(35)17-11-8-6-2)29(30(33)31(36)37)21(3)22(4)39-32(38)40-24-14-12-9-13-15-24/h18-22,24,29-30H,5-17,33H2,1-4H3,(H,36,37)/t21?,22?,29?,30-/m0/s1.